The molecule has 0 bridgehead atoms. The van der Waals surface area contributed by atoms with Gasteiger partial charge in [-0.05, 0) is 22.0 Å². The molecule has 12 heavy (non-hydrogen) atoms. The number of hydrogen-bond donors (Lipinski definition) is 2. The van der Waals surface area contributed by atoms with E-state index in [0.717, 1.165) is 0 Å². The van der Waals surface area contributed by atoms with E-state index < -0.39 is 5.82 Å². The van der Waals surface area contributed by atoms with E-state index in [9.17, 15) is 9.50 Å². The van der Waals surface area contributed by atoms with Crippen molar-refractivity contribution in [3.05, 3.63) is 22.7 Å². The molecular weight excluding hydrogens is 227 g/mol. The zero-order chi connectivity index (χ0) is 8.72. The predicted molar refractivity (Wildman–Crippen MR) is 45.4 cm³/mol. The molecular formula is C7H4BrFN2O. The molecule has 2 N–H and O–H groups in total. The van der Waals surface area contributed by atoms with Crippen LogP contribution >= 0.6 is 15.9 Å². The molecule has 0 spiro atoms. The lowest BCUT2D eigenvalue weighted by Gasteiger charge is -1.97. The van der Waals surface area contributed by atoms with Gasteiger partial charge in [0.25, 0.3) is 0 Å². The zero-order valence-electron chi connectivity index (χ0n) is 5.81. The van der Waals surface area contributed by atoms with Crippen molar-refractivity contribution < 1.29 is 9.50 Å². The lowest BCUT2D eigenvalue weighted by atomic mass is 10.3. The van der Waals surface area contributed by atoms with Gasteiger partial charge in [-0.25, -0.2) is 9.37 Å². The van der Waals surface area contributed by atoms with Crippen LogP contribution < -0.4 is 0 Å². The van der Waals surface area contributed by atoms with Crippen LogP contribution in [-0.2, 0) is 0 Å². The second kappa shape index (κ2) is 2.45. The Labute approximate surface area is 75.4 Å². The van der Waals surface area contributed by atoms with Gasteiger partial charge in [-0.1, -0.05) is 0 Å². The number of fused-ring (bicyclic) bond motifs is 1. The van der Waals surface area contributed by atoms with Gasteiger partial charge >= 0.3 is 0 Å². The third kappa shape index (κ3) is 0.896. The number of phenols is 1. The van der Waals surface area contributed by atoms with Crippen molar-refractivity contribution in [1.29, 1.82) is 0 Å². The summed E-state index contributed by atoms with van der Waals surface area (Å²) >= 11 is 2.96. The molecule has 5 heteroatoms. The van der Waals surface area contributed by atoms with E-state index in [2.05, 4.69) is 25.9 Å². The second-order valence-electron chi connectivity index (χ2n) is 2.32. The van der Waals surface area contributed by atoms with E-state index in [1.54, 1.807) is 0 Å². The van der Waals surface area contributed by atoms with Gasteiger partial charge in [-0.3, -0.25) is 0 Å². The Morgan fingerprint density at radius 1 is 1.58 bits per heavy atom. The Bertz CT molecular complexity index is 440. The SMILES string of the molecule is Oc1cc(Br)c(F)c2nc[nH]c12. The number of nitrogens with zero attached hydrogens (tertiary/aromatic N) is 1. The van der Waals surface area contributed by atoms with Gasteiger partial charge in [0.05, 0.1) is 10.8 Å². The van der Waals surface area contributed by atoms with Gasteiger partial charge in [0, 0.05) is 0 Å². The maximum Gasteiger partial charge on any atom is 0.165 e. The van der Waals surface area contributed by atoms with Crippen LogP contribution in [0.25, 0.3) is 11.0 Å². The maximum atomic E-state index is 13.2. The molecule has 0 unspecified atom stereocenters. The average Bonchev–Trinajstić information content (AvgIpc) is 2.48. The second-order valence-corrected chi connectivity index (χ2v) is 3.17. The van der Waals surface area contributed by atoms with Gasteiger partial charge in [0.2, 0.25) is 0 Å². The van der Waals surface area contributed by atoms with Crippen molar-refractivity contribution in [3.8, 4) is 5.75 Å². The molecule has 0 aliphatic rings. The summed E-state index contributed by atoms with van der Waals surface area (Å²) in [7, 11) is 0. The van der Waals surface area contributed by atoms with Crippen LogP contribution in [0.15, 0.2) is 16.9 Å². The lowest BCUT2D eigenvalue weighted by molar-refractivity contribution is 0.478. The van der Waals surface area contributed by atoms with Crippen LogP contribution in [0.4, 0.5) is 4.39 Å². The fourth-order valence-corrected chi connectivity index (χ4v) is 1.43. The lowest BCUT2D eigenvalue weighted by Crippen LogP contribution is -1.81. The number of benzene rings is 1. The van der Waals surface area contributed by atoms with E-state index in [4.69, 9.17) is 0 Å². The van der Waals surface area contributed by atoms with E-state index in [0.29, 0.717) is 5.52 Å². The van der Waals surface area contributed by atoms with Crippen LogP contribution in [-0.4, -0.2) is 15.1 Å². The van der Waals surface area contributed by atoms with Gasteiger partial charge in [-0.15, -0.1) is 0 Å². The number of nitrogens with one attached hydrogen (secondary N) is 1. The van der Waals surface area contributed by atoms with Crippen LogP contribution in [0.5, 0.6) is 5.75 Å². The molecule has 1 aromatic heterocycles. The molecule has 0 atom stereocenters. The summed E-state index contributed by atoms with van der Waals surface area (Å²) in [4.78, 5) is 6.35. The van der Waals surface area contributed by atoms with Crippen molar-refractivity contribution in [1.82, 2.24) is 9.97 Å². The fraction of sp³-hybridized carbons (Fsp3) is 0. The number of rotatable bonds is 0. The Balaban J connectivity index is 2.97. The number of phenolic OH excluding ortho intramolecular Hbond substituents is 1. The molecule has 0 aliphatic heterocycles. The van der Waals surface area contributed by atoms with Gasteiger partial charge < -0.3 is 10.1 Å². The number of aromatic hydroxyl groups is 1. The van der Waals surface area contributed by atoms with Crippen molar-refractivity contribution >= 4 is 27.0 Å². The summed E-state index contributed by atoms with van der Waals surface area (Å²) in [5.74, 6) is -0.486. The number of halogens is 2. The van der Waals surface area contributed by atoms with Crippen molar-refractivity contribution in [3.63, 3.8) is 0 Å². The van der Waals surface area contributed by atoms with E-state index >= 15 is 0 Å². The zero-order valence-corrected chi connectivity index (χ0v) is 7.39. The first-order valence-corrected chi connectivity index (χ1v) is 3.99. The Morgan fingerprint density at radius 2 is 2.33 bits per heavy atom. The quantitative estimate of drug-likeness (QED) is 0.729. The van der Waals surface area contributed by atoms with Crippen molar-refractivity contribution in [2.24, 2.45) is 0 Å². The number of imidazole rings is 1. The molecule has 0 saturated carbocycles. The smallest absolute Gasteiger partial charge is 0.165 e. The number of aromatic nitrogens is 2. The van der Waals surface area contributed by atoms with Crippen molar-refractivity contribution in [2.45, 2.75) is 0 Å². The number of hydrogen-bond acceptors (Lipinski definition) is 2. The minimum absolute atomic E-state index is 0.0178. The molecule has 1 heterocycles. The summed E-state index contributed by atoms with van der Waals surface area (Å²) in [6, 6.07) is 1.29. The highest BCUT2D eigenvalue weighted by atomic mass is 79.9. The molecule has 0 amide bonds. The first-order chi connectivity index (χ1) is 5.70. The summed E-state index contributed by atoms with van der Waals surface area (Å²) in [6.07, 6.45) is 1.33. The highest BCUT2D eigenvalue weighted by molar-refractivity contribution is 9.10. The first kappa shape index (κ1) is 7.54. The van der Waals surface area contributed by atoms with Crippen LogP contribution in [0.3, 0.4) is 0 Å². The Morgan fingerprint density at radius 3 is 3.08 bits per heavy atom. The van der Waals surface area contributed by atoms with Crippen LogP contribution in [0.2, 0.25) is 0 Å². The normalized spacial score (nSPS) is 10.8. The molecule has 0 radical (unpaired) electrons. The largest absolute Gasteiger partial charge is 0.506 e. The summed E-state index contributed by atoms with van der Waals surface area (Å²) in [6.45, 7) is 0. The topological polar surface area (TPSA) is 48.9 Å². The molecule has 62 valence electrons. The minimum atomic E-state index is -0.468. The standard InChI is InChI=1S/C7H4BrFN2O/c8-3-1-4(12)6-7(5(3)9)11-2-10-6/h1-2,12H,(H,10,11). The van der Waals surface area contributed by atoms with Gasteiger partial charge in [0.1, 0.15) is 16.8 Å². The minimum Gasteiger partial charge on any atom is -0.506 e. The van der Waals surface area contributed by atoms with Crippen molar-refractivity contribution in [2.75, 3.05) is 0 Å². The predicted octanol–water partition coefficient (Wildman–Crippen LogP) is 2.17. The van der Waals surface area contributed by atoms with E-state index in [1.165, 1.54) is 12.4 Å². The summed E-state index contributed by atoms with van der Waals surface area (Å²) in [5.41, 5.74) is 0.456. The highest BCUT2D eigenvalue weighted by Crippen LogP contribution is 2.29. The molecule has 2 aromatic rings. The molecule has 0 fully saturated rings. The molecule has 3 nitrogen and oxygen atoms in total. The number of H-pyrrole nitrogens is 1. The molecule has 0 aliphatic carbocycles. The van der Waals surface area contributed by atoms with E-state index in [-0.39, 0.29) is 15.7 Å². The van der Waals surface area contributed by atoms with Gasteiger partial charge in [0.15, 0.2) is 5.82 Å². The Kier molecular flexibility index (Phi) is 1.54. The van der Waals surface area contributed by atoms with Crippen LogP contribution in [0, 0.1) is 5.82 Å². The van der Waals surface area contributed by atoms with E-state index in [1.807, 2.05) is 0 Å². The third-order valence-electron chi connectivity index (χ3n) is 1.58. The number of aromatic amines is 1. The highest BCUT2D eigenvalue weighted by Gasteiger charge is 2.11. The summed E-state index contributed by atoms with van der Waals surface area (Å²) < 4.78 is 13.4. The average molecular weight is 231 g/mol. The first-order valence-electron chi connectivity index (χ1n) is 3.20. The molecule has 0 saturated heterocycles. The molecule has 1 aromatic carbocycles. The maximum absolute atomic E-state index is 13.2. The monoisotopic (exact) mass is 230 g/mol. The summed E-state index contributed by atoms with van der Waals surface area (Å²) in [5, 5.41) is 9.30. The fourth-order valence-electron chi connectivity index (χ4n) is 1.02. The third-order valence-corrected chi connectivity index (χ3v) is 2.15. The van der Waals surface area contributed by atoms with Gasteiger partial charge in [-0.2, -0.15) is 0 Å². The Hall–Kier alpha value is -1.10. The van der Waals surface area contributed by atoms with Crippen LogP contribution in [0.1, 0.15) is 0 Å². The molecule has 2 rings (SSSR count).